The molecule has 1 N–H and O–H groups in total. The van der Waals surface area contributed by atoms with E-state index in [9.17, 15) is 0 Å². The highest BCUT2D eigenvalue weighted by Gasteiger charge is 2.55. The number of hydrogen-bond acceptors (Lipinski definition) is 3. The molecule has 3 rings (SSSR count). The molecular formula is C18H28N2O. The summed E-state index contributed by atoms with van der Waals surface area (Å²) < 4.78 is 6.01. The van der Waals surface area contributed by atoms with Crippen LogP contribution in [-0.2, 0) is 11.2 Å². The molecule has 2 saturated carbocycles. The lowest BCUT2D eigenvalue weighted by Gasteiger charge is -2.58. The van der Waals surface area contributed by atoms with Crippen molar-refractivity contribution in [3.8, 4) is 0 Å². The smallest absolute Gasteiger partial charge is 0.0661 e. The molecule has 0 bridgehead atoms. The van der Waals surface area contributed by atoms with Crippen LogP contribution in [-0.4, -0.2) is 30.3 Å². The van der Waals surface area contributed by atoms with E-state index in [1.807, 2.05) is 12.3 Å². The van der Waals surface area contributed by atoms with Gasteiger partial charge in [0.2, 0.25) is 0 Å². The fourth-order valence-electron chi connectivity index (χ4n) is 4.27. The van der Waals surface area contributed by atoms with E-state index in [0.717, 1.165) is 19.6 Å². The Morgan fingerprint density at radius 2 is 2.14 bits per heavy atom. The molecule has 1 heterocycles. The fraction of sp³-hybridized carbons (Fsp3) is 0.722. The van der Waals surface area contributed by atoms with Crippen molar-refractivity contribution < 1.29 is 4.74 Å². The Kier molecular flexibility index (Phi) is 4.91. The topological polar surface area (TPSA) is 34.1 Å². The third kappa shape index (κ3) is 3.14. The normalized spacial score (nSPS) is 27.5. The van der Waals surface area contributed by atoms with Gasteiger partial charge in [0.25, 0.3) is 0 Å². The average Bonchev–Trinajstić information content (AvgIpc) is 2.55. The molecule has 2 atom stereocenters. The number of nitrogens with zero attached hydrogens (tertiary/aromatic N) is 1. The molecule has 2 aliphatic rings. The number of hydrogen-bond donors (Lipinski definition) is 1. The van der Waals surface area contributed by atoms with Crippen molar-refractivity contribution in [2.24, 2.45) is 5.41 Å². The van der Waals surface area contributed by atoms with Crippen molar-refractivity contribution in [2.75, 3.05) is 13.2 Å². The van der Waals surface area contributed by atoms with Crippen LogP contribution in [0.1, 0.15) is 51.1 Å². The van der Waals surface area contributed by atoms with Gasteiger partial charge in [0.1, 0.15) is 0 Å². The Morgan fingerprint density at radius 3 is 2.86 bits per heavy atom. The van der Waals surface area contributed by atoms with Crippen LogP contribution in [0, 0.1) is 5.41 Å². The molecule has 1 aromatic heterocycles. The summed E-state index contributed by atoms with van der Waals surface area (Å²) in [5, 5.41) is 3.80. The van der Waals surface area contributed by atoms with Crippen molar-refractivity contribution in [3.63, 3.8) is 0 Å². The van der Waals surface area contributed by atoms with Crippen molar-refractivity contribution in [1.82, 2.24) is 10.3 Å². The Bertz CT molecular complexity index is 428. The van der Waals surface area contributed by atoms with Crippen LogP contribution in [0.5, 0.6) is 0 Å². The molecule has 0 aliphatic heterocycles. The first-order chi connectivity index (χ1) is 10.3. The first-order valence-corrected chi connectivity index (χ1v) is 8.60. The van der Waals surface area contributed by atoms with E-state index in [0.29, 0.717) is 17.6 Å². The molecule has 21 heavy (non-hydrogen) atoms. The number of nitrogens with one attached hydrogen (secondary N) is 1. The molecule has 0 radical (unpaired) electrons. The van der Waals surface area contributed by atoms with E-state index in [-0.39, 0.29) is 0 Å². The van der Waals surface area contributed by atoms with Gasteiger partial charge in [-0.05, 0) is 38.3 Å². The predicted molar refractivity (Wildman–Crippen MR) is 85.3 cm³/mol. The Morgan fingerprint density at radius 1 is 1.29 bits per heavy atom. The molecule has 3 nitrogen and oxygen atoms in total. The largest absolute Gasteiger partial charge is 0.378 e. The van der Waals surface area contributed by atoms with E-state index in [4.69, 9.17) is 4.74 Å². The standard InChI is InChI=1S/C18H28N2O/c1-2-21-17-14-16(18(17)10-5-3-6-11-18)20-13-9-15-8-4-7-12-19-15/h4,7-8,12,16-17,20H,2-3,5-6,9-11,13-14H2,1H3. The summed E-state index contributed by atoms with van der Waals surface area (Å²) in [5.74, 6) is 0. The van der Waals surface area contributed by atoms with Gasteiger partial charge in [-0.25, -0.2) is 0 Å². The number of rotatable bonds is 6. The lowest BCUT2D eigenvalue weighted by atomic mass is 9.55. The molecule has 1 aromatic rings. The minimum absolute atomic E-state index is 0.429. The van der Waals surface area contributed by atoms with Crippen molar-refractivity contribution in [3.05, 3.63) is 30.1 Å². The van der Waals surface area contributed by atoms with Crippen LogP contribution in [0.2, 0.25) is 0 Å². The average molecular weight is 288 g/mol. The summed E-state index contributed by atoms with van der Waals surface area (Å²) in [6.07, 6.45) is 11.4. The maximum Gasteiger partial charge on any atom is 0.0661 e. The van der Waals surface area contributed by atoms with Gasteiger partial charge < -0.3 is 10.1 Å². The maximum atomic E-state index is 6.01. The van der Waals surface area contributed by atoms with Crippen molar-refractivity contribution >= 4 is 0 Å². The third-order valence-electron chi connectivity index (χ3n) is 5.44. The summed E-state index contributed by atoms with van der Waals surface area (Å²) in [6, 6.07) is 6.81. The molecular weight excluding hydrogens is 260 g/mol. The SMILES string of the molecule is CCOC1CC(NCCc2ccccn2)C12CCCCC2. The first-order valence-electron chi connectivity index (χ1n) is 8.60. The van der Waals surface area contributed by atoms with E-state index in [2.05, 4.69) is 29.4 Å². The summed E-state index contributed by atoms with van der Waals surface area (Å²) in [4.78, 5) is 4.40. The van der Waals surface area contributed by atoms with Gasteiger partial charge in [-0.3, -0.25) is 4.98 Å². The summed E-state index contributed by atoms with van der Waals surface area (Å²) >= 11 is 0. The lowest BCUT2D eigenvalue weighted by Crippen LogP contribution is -2.64. The molecule has 0 amide bonds. The van der Waals surface area contributed by atoms with Gasteiger partial charge in [0, 0.05) is 42.9 Å². The van der Waals surface area contributed by atoms with E-state index >= 15 is 0 Å². The summed E-state index contributed by atoms with van der Waals surface area (Å²) in [6.45, 7) is 4.01. The van der Waals surface area contributed by atoms with E-state index < -0.39 is 0 Å². The molecule has 2 unspecified atom stereocenters. The molecule has 3 heteroatoms. The number of pyridine rings is 1. The lowest BCUT2D eigenvalue weighted by molar-refractivity contribution is -0.149. The highest BCUT2D eigenvalue weighted by Crippen LogP contribution is 2.53. The van der Waals surface area contributed by atoms with Crippen LogP contribution >= 0.6 is 0 Å². The van der Waals surface area contributed by atoms with Crippen molar-refractivity contribution in [2.45, 2.75) is 64.0 Å². The third-order valence-corrected chi connectivity index (χ3v) is 5.44. The highest BCUT2D eigenvalue weighted by atomic mass is 16.5. The zero-order valence-electron chi connectivity index (χ0n) is 13.2. The van der Waals surface area contributed by atoms with Gasteiger partial charge >= 0.3 is 0 Å². The zero-order valence-corrected chi connectivity index (χ0v) is 13.2. The summed E-state index contributed by atoms with van der Waals surface area (Å²) in [7, 11) is 0. The highest BCUT2D eigenvalue weighted by molar-refractivity contribution is 5.09. The maximum absolute atomic E-state index is 6.01. The Hall–Kier alpha value is -0.930. The second-order valence-electron chi connectivity index (χ2n) is 6.55. The molecule has 116 valence electrons. The van der Waals surface area contributed by atoms with Gasteiger partial charge in [0.05, 0.1) is 6.10 Å². The first kappa shape index (κ1) is 15.0. The Labute approximate surface area is 128 Å². The molecule has 2 fully saturated rings. The second-order valence-corrected chi connectivity index (χ2v) is 6.55. The molecule has 1 spiro atoms. The van der Waals surface area contributed by atoms with E-state index in [1.54, 1.807) is 0 Å². The van der Waals surface area contributed by atoms with Gasteiger partial charge in [-0.1, -0.05) is 25.3 Å². The van der Waals surface area contributed by atoms with Gasteiger partial charge in [-0.15, -0.1) is 0 Å². The van der Waals surface area contributed by atoms with E-state index in [1.165, 1.54) is 44.2 Å². The molecule has 0 saturated heterocycles. The second kappa shape index (κ2) is 6.89. The number of ether oxygens (including phenoxy) is 1. The zero-order chi connectivity index (χ0) is 14.5. The minimum atomic E-state index is 0.429. The van der Waals surface area contributed by atoms with Crippen LogP contribution in [0.3, 0.4) is 0 Å². The van der Waals surface area contributed by atoms with Crippen LogP contribution in [0.15, 0.2) is 24.4 Å². The van der Waals surface area contributed by atoms with Gasteiger partial charge in [0.15, 0.2) is 0 Å². The van der Waals surface area contributed by atoms with Gasteiger partial charge in [-0.2, -0.15) is 0 Å². The van der Waals surface area contributed by atoms with Crippen LogP contribution in [0.4, 0.5) is 0 Å². The number of aromatic nitrogens is 1. The quantitative estimate of drug-likeness (QED) is 0.871. The molecule has 0 aromatic carbocycles. The summed E-state index contributed by atoms with van der Waals surface area (Å²) in [5.41, 5.74) is 1.61. The van der Waals surface area contributed by atoms with Crippen LogP contribution in [0.25, 0.3) is 0 Å². The predicted octanol–water partition coefficient (Wildman–Crippen LogP) is 3.34. The monoisotopic (exact) mass is 288 g/mol. The fourth-order valence-corrected chi connectivity index (χ4v) is 4.27. The Balaban J connectivity index is 1.53. The molecule has 2 aliphatic carbocycles. The minimum Gasteiger partial charge on any atom is -0.378 e. The van der Waals surface area contributed by atoms with Crippen LogP contribution < -0.4 is 5.32 Å². The van der Waals surface area contributed by atoms with Crippen molar-refractivity contribution in [1.29, 1.82) is 0 Å².